The van der Waals surface area contributed by atoms with Crippen LogP contribution in [0.4, 0.5) is 15.3 Å². The minimum absolute atomic E-state index is 0.206. The molecule has 6 amide bonds. The molecule has 3 aromatic carbocycles. The molecule has 7 aliphatic rings. The number of imide groups is 2. The SMILES string of the molecule is CC1(CC(N)=O)c2ccc(cc2)[C@]1(C(=O)NC(=O)O)N1CCCC1[C@H]1CC[C@H](C2CCCN2[C@@]2(C(=O)NC(=O)O)c3ccc(cc3)C2(C)CC(N)=O)N1c1ccc(Br)cc1. The minimum atomic E-state index is -1.60. The fraction of sp³-hybridized carbons (Fsp3) is 0.455. The molecule has 4 aliphatic carbocycles. The third kappa shape index (κ3) is 5.96. The average molecular weight is 885 g/mol. The first-order valence-electron chi connectivity index (χ1n) is 20.5. The molecular formula is C44H50BrN7O8. The number of fused-ring (bicyclic) bond motifs is 6. The number of nitrogens with one attached hydrogen (secondary N) is 2. The van der Waals surface area contributed by atoms with Crippen molar-refractivity contribution < 1.29 is 39.0 Å². The van der Waals surface area contributed by atoms with Gasteiger partial charge >= 0.3 is 12.2 Å². The number of likely N-dealkylation sites (tertiary alicyclic amines) is 2. The van der Waals surface area contributed by atoms with Gasteiger partial charge in [0.2, 0.25) is 11.8 Å². The second kappa shape index (κ2) is 15.0. The molecule has 0 aromatic heterocycles. The summed E-state index contributed by atoms with van der Waals surface area (Å²) in [6.45, 7) is 4.51. The zero-order chi connectivity index (χ0) is 42.9. The van der Waals surface area contributed by atoms with Crippen LogP contribution in [-0.2, 0) is 41.1 Å². The van der Waals surface area contributed by atoms with Crippen molar-refractivity contribution in [1.82, 2.24) is 20.4 Å². The fourth-order valence-corrected chi connectivity index (χ4v) is 12.8. The van der Waals surface area contributed by atoms with E-state index in [9.17, 15) is 39.0 Å². The van der Waals surface area contributed by atoms with Crippen molar-refractivity contribution in [3.63, 3.8) is 0 Å². The van der Waals surface area contributed by atoms with Crippen LogP contribution in [0.1, 0.15) is 87.5 Å². The number of anilines is 1. The van der Waals surface area contributed by atoms with Crippen molar-refractivity contribution in [3.05, 3.63) is 99.5 Å². The zero-order valence-electron chi connectivity index (χ0n) is 33.5. The number of benzene rings is 3. The highest BCUT2D eigenvalue weighted by Crippen LogP contribution is 2.58. The number of halogens is 1. The average Bonchev–Trinajstić information content (AvgIpc) is 3.95. The normalized spacial score (nSPS) is 31.9. The summed E-state index contributed by atoms with van der Waals surface area (Å²) in [6.07, 6.45) is 0.620. The summed E-state index contributed by atoms with van der Waals surface area (Å²) in [5.74, 6) is -2.74. The van der Waals surface area contributed by atoms with Gasteiger partial charge in [0.05, 0.1) is 0 Å². The third-order valence-electron chi connectivity index (χ3n) is 14.6. The molecular weight excluding hydrogens is 834 g/mol. The highest BCUT2D eigenvalue weighted by Gasteiger charge is 2.67. The van der Waals surface area contributed by atoms with Gasteiger partial charge in [0.25, 0.3) is 11.8 Å². The quantitative estimate of drug-likeness (QED) is 0.158. The molecule has 0 saturated carbocycles. The lowest BCUT2D eigenvalue weighted by Gasteiger charge is -2.58. The van der Waals surface area contributed by atoms with Crippen LogP contribution in [0.15, 0.2) is 77.3 Å². The van der Waals surface area contributed by atoms with E-state index in [-0.39, 0.29) is 37.0 Å². The Balaban J connectivity index is 1.27. The number of nitrogens with two attached hydrogens (primary N) is 2. The highest BCUT2D eigenvalue weighted by molar-refractivity contribution is 9.10. The molecule has 8 atom stereocenters. The van der Waals surface area contributed by atoms with E-state index in [1.807, 2.05) is 86.6 Å². The van der Waals surface area contributed by atoms with Crippen molar-refractivity contribution in [1.29, 1.82) is 0 Å². The molecule has 3 aliphatic heterocycles. The molecule has 3 aromatic rings. The number of primary amides is 2. The predicted molar refractivity (Wildman–Crippen MR) is 224 cm³/mol. The van der Waals surface area contributed by atoms with E-state index in [1.165, 1.54) is 0 Å². The molecule has 0 radical (unpaired) electrons. The lowest BCUT2D eigenvalue weighted by Crippen LogP contribution is -2.72. The van der Waals surface area contributed by atoms with Crippen LogP contribution >= 0.6 is 15.9 Å². The maximum absolute atomic E-state index is 14.8. The van der Waals surface area contributed by atoms with E-state index >= 15 is 0 Å². The van der Waals surface area contributed by atoms with E-state index in [0.29, 0.717) is 73.9 Å². The van der Waals surface area contributed by atoms with E-state index < -0.39 is 57.7 Å². The smallest absolute Gasteiger partial charge is 0.411 e. The van der Waals surface area contributed by atoms with Gasteiger partial charge in [-0.25, -0.2) is 9.59 Å². The maximum Gasteiger partial charge on any atom is 0.411 e. The highest BCUT2D eigenvalue weighted by atomic mass is 79.9. The Bertz CT molecular complexity index is 2120. The minimum Gasteiger partial charge on any atom is -0.465 e. The first kappa shape index (κ1) is 41.4. The Hall–Kier alpha value is -5.32. The summed E-state index contributed by atoms with van der Waals surface area (Å²) in [4.78, 5) is 86.6. The number of carbonyl (C=O) groups excluding carboxylic acids is 4. The van der Waals surface area contributed by atoms with Gasteiger partial charge in [-0.1, -0.05) is 78.3 Å². The second-order valence-electron chi connectivity index (χ2n) is 17.4. The second-order valence-corrected chi connectivity index (χ2v) is 18.4. The number of carboxylic acid groups (broad SMARTS) is 2. The van der Waals surface area contributed by atoms with Crippen LogP contribution in [0.25, 0.3) is 0 Å². The van der Waals surface area contributed by atoms with Gasteiger partial charge in [-0.3, -0.25) is 39.6 Å². The van der Waals surface area contributed by atoms with Gasteiger partial charge in [-0.15, -0.1) is 0 Å². The van der Waals surface area contributed by atoms with E-state index in [0.717, 1.165) is 10.2 Å². The first-order chi connectivity index (χ1) is 28.5. The van der Waals surface area contributed by atoms with Crippen LogP contribution in [0.2, 0.25) is 0 Å². The Labute approximate surface area is 355 Å². The predicted octanol–water partition coefficient (Wildman–Crippen LogP) is 4.39. The number of rotatable bonds is 11. The standard InChI is InChI=1S/C44H50BrN7O8/c1-41(23-35(46)53)25-7-11-27(12-8-25)43(41,37(55)48-39(57)58)50-21-3-5-31(50)33-19-20-34(52(33)30-17-15-29(45)16-18-30)32-6-4-22-51(32)44(38(56)49-40(59)60)28-13-9-26(10-14-28)42(44,2)24-36(47)54/h7-18,31-34H,3-6,19-24H2,1-2H3,(H2,46,53)(H2,47,54)(H,48,55)(H,49,56)(H,57,58)(H,59,60)/t31?,32?,33-,34-,41?,42?,43-,44-/m1/s1. The lowest BCUT2D eigenvalue weighted by atomic mass is 9.56. The molecule has 3 fully saturated rings. The maximum atomic E-state index is 14.8. The molecule has 4 unspecified atom stereocenters. The van der Waals surface area contributed by atoms with Gasteiger partial charge in [0.15, 0.2) is 0 Å². The van der Waals surface area contributed by atoms with Crippen LogP contribution < -0.4 is 27.0 Å². The number of amides is 6. The van der Waals surface area contributed by atoms with Gasteiger partial charge in [0.1, 0.15) is 11.1 Å². The largest absolute Gasteiger partial charge is 0.465 e. The number of carbonyl (C=O) groups is 6. The van der Waals surface area contributed by atoms with Crippen molar-refractivity contribution >= 4 is 57.4 Å². The summed E-state index contributed by atoms with van der Waals surface area (Å²) in [7, 11) is 0. The zero-order valence-corrected chi connectivity index (χ0v) is 35.1. The summed E-state index contributed by atoms with van der Waals surface area (Å²) < 4.78 is 0.872. The molecule has 60 heavy (non-hydrogen) atoms. The summed E-state index contributed by atoms with van der Waals surface area (Å²) >= 11 is 3.60. The van der Waals surface area contributed by atoms with Crippen molar-refractivity contribution in [2.75, 3.05) is 18.0 Å². The monoisotopic (exact) mass is 883 g/mol. The Morgan fingerprint density at radius 3 is 1.32 bits per heavy atom. The van der Waals surface area contributed by atoms with Gasteiger partial charge in [0, 0.05) is 58.0 Å². The van der Waals surface area contributed by atoms with Gasteiger partial charge < -0.3 is 26.6 Å². The van der Waals surface area contributed by atoms with Crippen LogP contribution in [0.5, 0.6) is 0 Å². The third-order valence-corrected chi connectivity index (χ3v) is 15.1. The van der Waals surface area contributed by atoms with E-state index in [1.54, 1.807) is 0 Å². The molecule has 8 N–H and O–H groups in total. The number of nitrogens with zero attached hydrogens (tertiary/aromatic N) is 3. The molecule has 316 valence electrons. The van der Waals surface area contributed by atoms with Gasteiger partial charge in [-0.2, -0.15) is 0 Å². The lowest BCUT2D eigenvalue weighted by molar-refractivity contribution is -0.144. The molecule has 0 spiro atoms. The molecule has 3 saturated heterocycles. The Kier molecular flexibility index (Phi) is 10.3. The molecule has 15 nitrogen and oxygen atoms in total. The molecule has 10 rings (SSSR count). The first-order valence-corrected chi connectivity index (χ1v) is 21.2. The van der Waals surface area contributed by atoms with Crippen molar-refractivity contribution in [2.24, 2.45) is 11.5 Å². The summed E-state index contributed by atoms with van der Waals surface area (Å²) in [5.41, 5.74) is 9.65. The van der Waals surface area contributed by atoms with E-state index in [4.69, 9.17) is 11.5 Å². The van der Waals surface area contributed by atoms with Crippen LogP contribution in [0.3, 0.4) is 0 Å². The Morgan fingerprint density at radius 2 is 0.967 bits per heavy atom. The van der Waals surface area contributed by atoms with Crippen molar-refractivity contribution in [2.45, 2.75) is 111 Å². The van der Waals surface area contributed by atoms with Gasteiger partial charge in [-0.05, 0) is 98.1 Å². The van der Waals surface area contributed by atoms with Crippen LogP contribution in [-0.4, -0.2) is 93.1 Å². The number of hydrogen-bond acceptors (Lipinski definition) is 9. The van der Waals surface area contributed by atoms with Crippen molar-refractivity contribution in [3.8, 4) is 0 Å². The topological polar surface area (TPSA) is 229 Å². The fourth-order valence-electron chi connectivity index (χ4n) is 12.6. The molecule has 3 heterocycles. The Morgan fingerprint density at radius 1 is 0.600 bits per heavy atom. The van der Waals surface area contributed by atoms with E-state index in [2.05, 4.69) is 41.3 Å². The summed E-state index contributed by atoms with van der Waals surface area (Å²) in [5, 5.41) is 24.4. The summed E-state index contributed by atoms with van der Waals surface area (Å²) in [6, 6.07) is 21.6. The molecule has 4 bridgehead atoms. The molecule has 16 heteroatoms. The number of hydrogen-bond donors (Lipinski definition) is 6. The van der Waals surface area contributed by atoms with Crippen LogP contribution in [0, 0.1) is 0 Å².